The number of methoxy groups -OCH3 is 1. The van der Waals surface area contributed by atoms with Crippen LogP contribution in [-0.2, 0) is 19.1 Å². The third kappa shape index (κ3) is 13.7. The van der Waals surface area contributed by atoms with Crippen molar-refractivity contribution in [1.82, 2.24) is 10.6 Å². The SMILES string of the molecule is COCC(=O)NCCNC(=O)CCSSCCC(C)=O. The molecule has 0 aliphatic heterocycles. The lowest BCUT2D eigenvalue weighted by atomic mass is 10.4. The molecule has 0 heterocycles. The average molecular weight is 322 g/mol. The molecule has 0 fully saturated rings. The van der Waals surface area contributed by atoms with Crippen LogP contribution >= 0.6 is 21.6 Å². The zero-order valence-electron chi connectivity index (χ0n) is 11.9. The van der Waals surface area contributed by atoms with Crippen LogP contribution < -0.4 is 10.6 Å². The Balaban J connectivity index is 3.33. The second-order valence-corrected chi connectivity index (χ2v) is 6.68. The molecule has 0 aromatic rings. The highest BCUT2D eigenvalue weighted by molar-refractivity contribution is 8.76. The number of ether oxygens (including phenoxy) is 1. The first-order chi connectivity index (χ1) is 9.56. The van der Waals surface area contributed by atoms with Crippen LogP contribution in [0.15, 0.2) is 0 Å². The second kappa shape index (κ2) is 13.3. The maximum atomic E-state index is 11.4. The van der Waals surface area contributed by atoms with E-state index >= 15 is 0 Å². The molecule has 0 aliphatic carbocycles. The molecule has 6 nitrogen and oxygen atoms in total. The van der Waals surface area contributed by atoms with Gasteiger partial charge in [0.15, 0.2) is 0 Å². The van der Waals surface area contributed by atoms with Gasteiger partial charge in [0.25, 0.3) is 0 Å². The summed E-state index contributed by atoms with van der Waals surface area (Å²) in [5.74, 6) is 1.45. The Kier molecular flexibility index (Phi) is 12.8. The molecule has 2 amide bonds. The van der Waals surface area contributed by atoms with Gasteiger partial charge in [-0.15, -0.1) is 0 Å². The van der Waals surface area contributed by atoms with Gasteiger partial charge in [-0.1, -0.05) is 21.6 Å². The van der Waals surface area contributed by atoms with Crippen molar-refractivity contribution in [3.05, 3.63) is 0 Å². The van der Waals surface area contributed by atoms with Gasteiger partial charge in [0, 0.05) is 44.5 Å². The molecule has 0 saturated heterocycles. The summed E-state index contributed by atoms with van der Waals surface area (Å²) in [5, 5.41) is 5.33. The minimum absolute atomic E-state index is 0.0298. The Morgan fingerprint density at radius 2 is 1.50 bits per heavy atom. The number of ketones is 1. The van der Waals surface area contributed by atoms with E-state index in [-0.39, 0.29) is 24.2 Å². The van der Waals surface area contributed by atoms with Gasteiger partial charge in [-0.05, 0) is 6.92 Å². The maximum Gasteiger partial charge on any atom is 0.246 e. The number of nitrogens with one attached hydrogen (secondary N) is 2. The molecule has 0 spiro atoms. The summed E-state index contributed by atoms with van der Waals surface area (Å²) < 4.78 is 4.66. The van der Waals surface area contributed by atoms with Crippen molar-refractivity contribution in [3.8, 4) is 0 Å². The van der Waals surface area contributed by atoms with Crippen LogP contribution in [0.5, 0.6) is 0 Å². The molecular weight excluding hydrogens is 300 g/mol. The summed E-state index contributed by atoms with van der Waals surface area (Å²) in [5.41, 5.74) is 0. The molecule has 0 bridgehead atoms. The molecule has 0 unspecified atom stereocenters. The predicted molar refractivity (Wildman–Crippen MR) is 82.7 cm³/mol. The molecule has 8 heteroatoms. The van der Waals surface area contributed by atoms with Crippen LogP contribution in [0.2, 0.25) is 0 Å². The predicted octanol–water partition coefficient (Wildman–Crippen LogP) is 0.616. The van der Waals surface area contributed by atoms with Gasteiger partial charge in [-0.25, -0.2) is 0 Å². The number of hydrogen-bond donors (Lipinski definition) is 2. The Bertz CT molecular complexity index is 314. The molecule has 20 heavy (non-hydrogen) atoms. The van der Waals surface area contributed by atoms with Crippen molar-refractivity contribution < 1.29 is 19.1 Å². The first-order valence-electron chi connectivity index (χ1n) is 6.32. The number of carbonyl (C=O) groups is 3. The van der Waals surface area contributed by atoms with E-state index in [1.807, 2.05) is 0 Å². The van der Waals surface area contributed by atoms with E-state index in [4.69, 9.17) is 0 Å². The van der Waals surface area contributed by atoms with Crippen LogP contribution in [0.3, 0.4) is 0 Å². The van der Waals surface area contributed by atoms with E-state index in [0.717, 1.165) is 5.75 Å². The number of amides is 2. The second-order valence-electron chi connectivity index (χ2n) is 3.98. The minimum atomic E-state index is -0.195. The molecule has 0 aromatic carbocycles. The first-order valence-corrected chi connectivity index (χ1v) is 8.81. The van der Waals surface area contributed by atoms with Gasteiger partial charge in [0.05, 0.1) is 0 Å². The molecule has 0 aliphatic rings. The highest BCUT2D eigenvalue weighted by Gasteiger charge is 2.02. The monoisotopic (exact) mass is 322 g/mol. The number of hydrogen-bond acceptors (Lipinski definition) is 6. The van der Waals surface area contributed by atoms with Crippen molar-refractivity contribution in [1.29, 1.82) is 0 Å². The molecule has 116 valence electrons. The molecule has 0 saturated carbocycles. The highest BCUT2D eigenvalue weighted by Crippen LogP contribution is 2.22. The first kappa shape index (κ1) is 19.3. The van der Waals surface area contributed by atoms with Crippen molar-refractivity contribution in [2.75, 3.05) is 38.3 Å². The lowest BCUT2D eigenvalue weighted by Crippen LogP contribution is -2.36. The largest absolute Gasteiger partial charge is 0.375 e. The highest BCUT2D eigenvalue weighted by atomic mass is 33.1. The normalized spacial score (nSPS) is 10.1. The number of rotatable bonds is 12. The molecule has 0 rings (SSSR count). The van der Waals surface area contributed by atoms with E-state index in [1.54, 1.807) is 28.5 Å². The molecule has 0 radical (unpaired) electrons. The number of carbonyl (C=O) groups excluding carboxylic acids is 3. The smallest absolute Gasteiger partial charge is 0.246 e. The zero-order chi connectivity index (χ0) is 15.2. The molecule has 2 N–H and O–H groups in total. The van der Waals surface area contributed by atoms with E-state index in [1.165, 1.54) is 7.11 Å². The minimum Gasteiger partial charge on any atom is -0.375 e. The van der Waals surface area contributed by atoms with E-state index in [2.05, 4.69) is 15.4 Å². The summed E-state index contributed by atoms with van der Waals surface area (Å²) in [7, 11) is 4.65. The molecule has 0 atom stereocenters. The topological polar surface area (TPSA) is 84.5 Å². The Morgan fingerprint density at radius 1 is 0.950 bits per heavy atom. The van der Waals surface area contributed by atoms with Gasteiger partial charge < -0.3 is 15.4 Å². The van der Waals surface area contributed by atoms with Gasteiger partial charge >= 0.3 is 0 Å². The van der Waals surface area contributed by atoms with E-state index in [9.17, 15) is 14.4 Å². The van der Waals surface area contributed by atoms with Gasteiger partial charge in [-0.3, -0.25) is 14.4 Å². The Labute approximate surface area is 127 Å². The fraction of sp³-hybridized carbons (Fsp3) is 0.750. The zero-order valence-corrected chi connectivity index (χ0v) is 13.5. The van der Waals surface area contributed by atoms with Crippen molar-refractivity contribution in [2.45, 2.75) is 19.8 Å². The fourth-order valence-electron chi connectivity index (χ4n) is 1.11. The van der Waals surface area contributed by atoms with Crippen LogP contribution in [0.25, 0.3) is 0 Å². The quantitative estimate of drug-likeness (QED) is 0.405. The third-order valence-corrected chi connectivity index (χ3v) is 4.49. The summed E-state index contributed by atoms with van der Waals surface area (Å²) in [6, 6.07) is 0. The number of Topliss-reactive ketones (excluding diaryl/α,β-unsaturated/α-hetero) is 1. The maximum absolute atomic E-state index is 11.4. The Morgan fingerprint density at radius 3 is 2.05 bits per heavy atom. The summed E-state index contributed by atoms with van der Waals surface area (Å²) in [6.45, 7) is 2.41. The average Bonchev–Trinajstić information content (AvgIpc) is 2.39. The fourth-order valence-corrected chi connectivity index (χ4v) is 3.19. The summed E-state index contributed by atoms with van der Waals surface area (Å²) in [4.78, 5) is 33.2. The van der Waals surface area contributed by atoms with Gasteiger partial charge in [-0.2, -0.15) is 0 Å². The Hall–Kier alpha value is -0.730. The van der Waals surface area contributed by atoms with Gasteiger partial charge in [0.2, 0.25) is 11.8 Å². The van der Waals surface area contributed by atoms with Crippen molar-refractivity contribution in [2.24, 2.45) is 0 Å². The van der Waals surface area contributed by atoms with Crippen molar-refractivity contribution in [3.63, 3.8) is 0 Å². The lowest BCUT2D eigenvalue weighted by Gasteiger charge is -2.06. The van der Waals surface area contributed by atoms with Crippen LogP contribution in [0.1, 0.15) is 19.8 Å². The molecular formula is C12H22N2O4S2. The third-order valence-electron chi connectivity index (χ3n) is 2.08. The van der Waals surface area contributed by atoms with Gasteiger partial charge in [0.1, 0.15) is 12.4 Å². The molecule has 0 aromatic heterocycles. The summed E-state index contributed by atoms with van der Waals surface area (Å²) in [6.07, 6.45) is 1.01. The van der Waals surface area contributed by atoms with Crippen LogP contribution in [-0.4, -0.2) is 55.9 Å². The summed E-state index contributed by atoms with van der Waals surface area (Å²) >= 11 is 0. The van der Waals surface area contributed by atoms with Crippen LogP contribution in [0.4, 0.5) is 0 Å². The van der Waals surface area contributed by atoms with E-state index < -0.39 is 0 Å². The van der Waals surface area contributed by atoms with E-state index in [0.29, 0.717) is 31.7 Å². The standard InChI is InChI=1S/C12H22N2O4S2/c1-10(15)3-7-19-20-8-4-11(16)13-5-6-14-12(17)9-18-2/h3-9H2,1-2H3,(H,13,16)(H,14,17). The lowest BCUT2D eigenvalue weighted by molar-refractivity contribution is -0.125. The van der Waals surface area contributed by atoms with Crippen LogP contribution in [0, 0.1) is 0 Å². The van der Waals surface area contributed by atoms with Crippen molar-refractivity contribution >= 4 is 39.2 Å².